The van der Waals surface area contributed by atoms with E-state index in [-0.39, 0.29) is 12.6 Å². The normalized spacial score (nSPS) is 10.0. The van der Waals surface area contributed by atoms with Crippen LogP contribution in [0.2, 0.25) is 0 Å². The highest BCUT2D eigenvalue weighted by Gasteiger charge is 1.94. The Balaban J connectivity index is 0. The third-order valence-electron chi connectivity index (χ3n) is 4.15. The van der Waals surface area contributed by atoms with Crippen molar-refractivity contribution >= 4 is 5.97 Å². The van der Waals surface area contributed by atoms with E-state index < -0.39 is 0 Å². The van der Waals surface area contributed by atoms with Gasteiger partial charge in [0, 0.05) is 6.08 Å². The largest absolute Gasteiger partial charge is 0.463 e. The molecule has 3 heteroatoms. The average Bonchev–Trinajstić information content (AvgIpc) is 2.63. The van der Waals surface area contributed by atoms with Gasteiger partial charge < -0.3 is 4.74 Å². The molecule has 150 valence electrons. The van der Waals surface area contributed by atoms with Crippen LogP contribution >= 0.6 is 0 Å². The topological polar surface area (TPSA) is 26.3 Å². The average molecular weight is 359 g/mol. The molecule has 0 heterocycles. The van der Waals surface area contributed by atoms with E-state index in [4.69, 9.17) is 4.74 Å². The zero-order valence-electron chi connectivity index (χ0n) is 17.0. The third-order valence-corrected chi connectivity index (χ3v) is 4.15. The maximum atomic E-state index is 11.7. The molecule has 0 atom stereocenters. The van der Waals surface area contributed by atoms with Crippen LogP contribution in [-0.2, 0) is 9.53 Å². The molecule has 0 N–H and O–H groups in total. The highest BCUT2D eigenvalue weighted by molar-refractivity contribution is 5.81. The summed E-state index contributed by atoms with van der Waals surface area (Å²) in [6, 6.07) is 0. The number of hydrogen-bond donors (Lipinski definition) is 0. The van der Waals surface area contributed by atoms with Gasteiger partial charge in [0.2, 0.25) is 0 Å². The molecule has 0 spiro atoms. The molecular weight excluding hydrogens is 315 g/mol. The third kappa shape index (κ3) is 28.2. The molecule has 0 aliphatic heterocycles. The van der Waals surface area contributed by atoms with Gasteiger partial charge in [-0.1, -0.05) is 104 Å². The quantitative estimate of drug-likeness (QED) is 0.152. The molecule has 25 heavy (non-hydrogen) atoms. The minimum absolute atomic E-state index is 0.128. The van der Waals surface area contributed by atoms with Gasteiger partial charge in [0.1, 0.15) is 0 Å². The predicted molar refractivity (Wildman–Crippen MR) is 108 cm³/mol. The van der Waals surface area contributed by atoms with Crippen molar-refractivity contribution in [2.45, 2.75) is 110 Å². The maximum absolute atomic E-state index is 11.7. The highest BCUT2D eigenvalue weighted by atomic mass is 19.1. The van der Waals surface area contributed by atoms with Gasteiger partial charge in [0.15, 0.2) is 0 Å². The van der Waals surface area contributed by atoms with E-state index in [9.17, 15) is 9.18 Å². The van der Waals surface area contributed by atoms with Crippen LogP contribution in [0.3, 0.4) is 0 Å². The molecule has 0 aromatic rings. The number of ether oxygens (including phenoxy) is 1. The van der Waals surface area contributed by atoms with Crippen molar-refractivity contribution in [3.8, 4) is 0 Å². The van der Waals surface area contributed by atoms with Crippen LogP contribution < -0.4 is 0 Å². The molecule has 0 fully saturated rings. The first kappa shape index (κ1) is 26.4. The van der Waals surface area contributed by atoms with Gasteiger partial charge in [-0.3, -0.25) is 4.39 Å². The Kier molecular flexibility index (Phi) is 26.8. The molecule has 0 saturated heterocycles. The molecule has 0 aliphatic carbocycles. The van der Waals surface area contributed by atoms with E-state index in [2.05, 4.69) is 20.4 Å². The summed E-state index contributed by atoms with van der Waals surface area (Å²) < 4.78 is 16.5. The first-order valence-electron chi connectivity index (χ1n) is 10.6. The number of unbranched alkanes of at least 4 members (excludes halogenated alkanes) is 13. The first-order chi connectivity index (χ1) is 12.2. The van der Waals surface area contributed by atoms with Crippen molar-refractivity contribution in [3.63, 3.8) is 0 Å². The summed E-state index contributed by atoms with van der Waals surface area (Å²) in [7, 11) is 0. The van der Waals surface area contributed by atoms with Gasteiger partial charge in [-0.05, 0) is 12.8 Å². The molecule has 0 saturated carbocycles. The lowest BCUT2D eigenvalue weighted by molar-refractivity contribution is -0.137. The maximum Gasteiger partial charge on any atom is 0.330 e. The number of rotatable bonds is 17. The molecule has 0 bridgehead atoms. The van der Waals surface area contributed by atoms with Gasteiger partial charge in [0.05, 0.1) is 13.3 Å². The van der Waals surface area contributed by atoms with Gasteiger partial charge in [0.25, 0.3) is 0 Å². The molecule has 0 aromatic carbocycles. The van der Waals surface area contributed by atoms with Crippen LogP contribution in [0.5, 0.6) is 0 Å². The number of halogens is 1. The van der Waals surface area contributed by atoms with Crippen molar-refractivity contribution in [1.29, 1.82) is 0 Å². The van der Waals surface area contributed by atoms with Gasteiger partial charge in [-0.15, -0.1) is 0 Å². The first-order valence-corrected chi connectivity index (χ1v) is 10.6. The lowest BCUT2D eigenvalue weighted by Gasteiger charge is -2.00. The van der Waals surface area contributed by atoms with Crippen LogP contribution in [0.4, 0.5) is 4.39 Å². The van der Waals surface area contributed by atoms with E-state index in [1.807, 2.05) is 0 Å². The van der Waals surface area contributed by atoms with Crippen molar-refractivity contribution < 1.29 is 13.9 Å². The summed E-state index contributed by atoms with van der Waals surface area (Å²) in [5.41, 5.74) is 0. The Hall–Kier alpha value is -0.860. The molecule has 0 aliphatic rings. The number of hydrogen-bond acceptors (Lipinski definition) is 2. The van der Waals surface area contributed by atoms with Gasteiger partial charge in [-0.2, -0.15) is 0 Å². The summed E-state index contributed by atoms with van der Waals surface area (Å²) in [6.45, 7) is 8.15. The highest BCUT2D eigenvalue weighted by Crippen LogP contribution is 2.10. The molecule has 0 radical (unpaired) electrons. The Morgan fingerprint density at radius 2 is 1.16 bits per heavy atom. The summed E-state index contributed by atoms with van der Waals surface area (Å²) in [4.78, 5) is 10.6. The van der Waals surface area contributed by atoms with E-state index in [0.717, 1.165) is 25.7 Å². The number of carbonyl (C=O) groups is 1. The monoisotopic (exact) mass is 358 g/mol. The minimum atomic E-state index is -0.314. The van der Waals surface area contributed by atoms with Crippen LogP contribution in [0.15, 0.2) is 12.7 Å². The summed E-state index contributed by atoms with van der Waals surface area (Å²) >= 11 is 0. The predicted octanol–water partition coefficient (Wildman–Crippen LogP) is 7.56. The Morgan fingerprint density at radius 1 is 0.760 bits per heavy atom. The molecule has 0 aromatic heterocycles. The number of esters is 1. The molecule has 0 unspecified atom stereocenters. The minimum Gasteiger partial charge on any atom is -0.463 e. The summed E-state index contributed by atoms with van der Waals surface area (Å²) in [6.07, 6.45) is 19.8. The van der Waals surface area contributed by atoms with Gasteiger partial charge in [-0.25, -0.2) is 4.79 Å². The van der Waals surface area contributed by atoms with Crippen LogP contribution in [0, 0.1) is 0 Å². The van der Waals surface area contributed by atoms with Crippen LogP contribution in [0.25, 0.3) is 0 Å². The summed E-state index contributed by atoms with van der Waals surface area (Å²) in [5, 5.41) is 0. The Labute approximate surface area is 156 Å². The second-order valence-electron chi connectivity index (χ2n) is 6.66. The van der Waals surface area contributed by atoms with E-state index >= 15 is 0 Å². The van der Waals surface area contributed by atoms with Crippen LogP contribution in [0.1, 0.15) is 110 Å². The van der Waals surface area contributed by atoms with Crippen LogP contribution in [-0.4, -0.2) is 19.3 Å². The molecule has 2 nitrogen and oxygen atoms in total. The lowest BCUT2D eigenvalue weighted by atomic mass is 10.1. The zero-order valence-corrected chi connectivity index (χ0v) is 17.0. The second-order valence-corrected chi connectivity index (χ2v) is 6.66. The molecular formula is C22H43FO2. The van der Waals surface area contributed by atoms with E-state index in [0.29, 0.717) is 6.61 Å². The SMILES string of the molecule is C=CC(=O)OCCCCCCC.CCCCCCCCCCCCF. The Morgan fingerprint density at radius 3 is 1.56 bits per heavy atom. The van der Waals surface area contributed by atoms with Crippen molar-refractivity contribution in [2.24, 2.45) is 0 Å². The number of carbonyl (C=O) groups excluding carboxylic acids is 1. The smallest absolute Gasteiger partial charge is 0.330 e. The lowest BCUT2D eigenvalue weighted by Crippen LogP contribution is -2.01. The fourth-order valence-corrected chi connectivity index (χ4v) is 2.52. The van der Waals surface area contributed by atoms with Gasteiger partial charge >= 0.3 is 5.97 Å². The van der Waals surface area contributed by atoms with Crippen molar-refractivity contribution in [3.05, 3.63) is 12.7 Å². The van der Waals surface area contributed by atoms with E-state index in [1.165, 1.54) is 76.7 Å². The number of alkyl halides is 1. The van der Waals surface area contributed by atoms with Crippen molar-refractivity contribution in [1.82, 2.24) is 0 Å². The Bertz CT molecular complexity index is 257. The fraction of sp³-hybridized carbons (Fsp3) is 0.864. The molecule has 0 rings (SSSR count). The molecule has 0 amide bonds. The van der Waals surface area contributed by atoms with E-state index in [1.54, 1.807) is 0 Å². The standard InChI is InChI=1S/C12H25F.C10H18O2/c1-2-3-4-5-6-7-8-9-10-11-12-13;1-3-5-6-7-8-9-12-10(11)4-2/h2-12H2,1H3;4H,2-3,5-9H2,1H3. The fourth-order valence-electron chi connectivity index (χ4n) is 2.52. The summed E-state index contributed by atoms with van der Waals surface area (Å²) in [5.74, 6) is -0.314. The second kappa shape index (κ2) is 25.4. The zero-order chi connectivity index (χ0) is 19.0. The van der Waals surface area contributed by atoms with Crippen molar-refractivity contribution in [2.75, 3.05) is 13.3 Å².